The molecule has 1 aromatic rings. The Morgan fingerprint density at radius 1 is 1.58 bits per heavy atom. The fourth-order valence-electron chi connectivity index (χ4n) is 1.71. The minimum atomic E-state index is -0.405. The van der Waals surface area contributed by atoms with Crippen molar-refractivity contribution < 1.29 is 14.1 Å². The van der Waals surface area contributed by atoms with Gasteiger partial charge in [-0.25, -0.2) is 0 Å². The number of carbonyl (C=O) groups is 1. The second kappa shape index (κ2) is 6.48. The van der Waals surface area contributed by atoms with E-state index >= 15 is 0 Å². The van der Waals surface area contributed by atoms with Gasteiger partial charge in [-0.1, -0.05) is 5.16 Å². The zero-order valence-corrected chi connectivity index (χ0v) is 11.4. The lowest BCUT2D eigenvalue weighted by Crippen LogP contribution is -2.48. The van der Waals surface area contributed by atoms with Crippen LogP contribution >= 0.6 is 12.2 Å². The Bertz CT molecular complexity index is 457. The van der Waals surface area contributed by atoms with E-state index in [1.165, 1.54) is 0 Å². The van der Waals surface area contributed by atoms with Crippen LogP contribution in [-0.4, -0.2) is 35.4 Å². The maximum atomic E-state index is 11.6. The highest BCUT2D eigenvalue weighted by atomic mass is 32.1. The second-order valence-electron chi connectivity index (χ2n) is 4.25. The number of hydrogen-bond acceptors (Lipinski definition) is 5. The Labute approximate surface area is 116 Å². The Hall–Kier alpha value is -1.67. The van der Waals surface area contributed by atoms with Gasteiger partial charge in [0.25, 0.3) is 5.91 Å². The lowest BCUT2D eigenvalue weighted by atomic mass is 10.2. The maximum Gasteiger partial charge on any atom is 0.291 e. The Morgan fingerprint density at radius 3 is 3.05 bits per heavy atom. The molecule has 0 aromatic carbocycles. The molecular formula is C11H16N4O3S. The summed E-state index contributed by atoms with van der Waals surface area (Å²) in [6.07, 6.45) is 2.29. The van der Waals surface area contributed by atoms with Crippen molar-refractivity contribution in [3.05, 3.63) is 17.5 Å². The van der Waals surface area contributed by atoms with Crippen molar-refractivity contribution in [2.24, 2.45) is 0 Å². The van der Waals surface area contributed by atoms with E-state index < -0.39 is 5.91 Å². The van der Waals surface area contributed by atoms with E-state index in [1.807, 2.05) is 0 Å². The number of aryl methyl sites for hydroxylation is 1. The summed E-state index contributed by atoms with van der Waals surface area (Å²) < 4.78 is 10.2. The molecule has 3 N–H and O–H groups in total. The van der Waals surface area contributed by atoms with Crippen LogP contribution in [0.2, 0.25) is 0 Å². The standard InChI is InChI=1S/C11H16N4O3S/c1-7-5-9(15-18-7)10(16)13-14-11(19)12-6-8-3-2-4-17-8/h5,8H,2-4,6H2,1H3,(H,13,16)(H2,12,14,19)/t8-/m1/s1. The van der Waals surface area contributed by atoms with Crippen molar-refractivity contribution in [1.82, 2.24) is 21.3 Å². The molecule has 0 unspecified atom stereocenters. The minimum absolute atomic E-state index is 0.189. The van der Waals surface area contributed by atoms with Gasteiger partial charge in [-0.15, -0.1) is 0 Å². The molecule has 1 aliphatic rings. The average Bonchev–Trinajstić information content (AvgIpc) is 3.04. The Balaban J connectivity index is 1.66. The lowest BCUT2D eigenvalue weighted by Gasteiger charge is -2.13. The van der Waals surface area contributed by atoms with Crippen LogP contribution in [0.4, 0.5) is 0 Å². The van der Waals surface area contributed by atoms with Crippen LogP contribution in [0.1, 0.15) is 29.1 Å². The van der Waals surface area contributed by atoms with Crippen molar-refractivity contribution in [2.75, 3.05) is 13.2 Å². The van der Waals surface area contributed by atoms with Crippen LogP contribution < -0.4 is 16.2 Å². The van der Waals surface area contributed by atoms with Gasteiger partial charge in [0.05, 0.1) is 6.10 Å². The normalized spacial score (nSPS) is 18.1. The van der Waals surface area contributed by atoms with Gasteiger partial charge in [-0.3, -0.25) is 15.6 Å². The molecule has 1 atom stereocenters. The van der Waals surface area contributed by atoms with Crippen molar-refractivity contribution in [2.45, 2.75) is 25.9 Å². The number of carbonyl (C=O) groups excluding carboxylic acids is 1. The number of ether oxygens (including phenoxy) is 1. The number of hydrazine groups is 1. The molecule has 2 rings (SSSR count). The third-order valence-electron chi connectivity index (χ3n) is 2.66. The first-order valence-corrected chi connectivity index (χ1v) is 6.45. The van der Waals surface area contributed by atoms with E-state index in [2.05, 4.69) is 21.3 Å². The van der Waals surface area contributed by atoms with Gasteiger partial charge in [0.1, 0.15) is 5.76 Å². The summed E-state index contributed by atoms with van der Waals surface area (Å²) in [5.74, 6) is 0.169. The van der Waals surface area contributed by atoms with Gasteiger partial charge in [0.2, 0.25) is 0 Å². The number of hydrogen-bond donors (Lipinski definition) is 3. The summed E-state index contributed by atoms with van der Waals surface area (Å²) in [5, 5.41) is 6.90. The molecular weight excluding hydrogens is 268 g/mol. The molecule has 1 aromatic heterocycles. The van der Waals surface area contributed by atoms with Crippen LogP contribution in [0, 0.1) is 6.92 Å². The SMILES string of the molecule is Cc1cc(C(=O)NNC(=S)NC[C@H]2CCCO2)no1. The number of nitrogens with one attached hydrogen (secondary N) is 3. The molecule has 2 heterocycles. The summed E-state index contributed by atoms with van der Waals surface area (Å²) in [7, 11) is 0. The number of nitrogens with zero attached hydrogens (tertiary/aromatic N) is 1. The van der Waals surface area contributed by atoms with E-state index in [1.54, 1.807) is 13.0 Å². The lowest BCUT2D eigenvalue weighted by molar-refractivity contribution is 0.0934. The molecule has 0 saturated carbocycles. The van der Waals surface area contributed by atoms with Crippen LogP contribution in [0.15, 0.2) is 10.6 Å². The highest BCUT2D eigenvalue weighted by molar-refractivity contribution is 7.80. The first-order chi connectivity index (χ1) is 9.15. The summed E-state index contributed by atoms with van der Waals surface area (Å²) in [5.41, 5.74) is 5.23. The smallest absolute Gasteiger partial charge is 0.291 e. The summed E-state index contributed by atoms with van der Waals surface area (Å²) in [6.45, 7) is 3.14. The van der Waals surface area contributed by atoms with E-state index in [0.717, 1.165) is 19.4 Å². The van der Waals surface area contributed by atoms with E-state index in [-0.39, 0.29) is 11.8 Å². The molecule has 7 nitrogen and oxygen atoms in total. The topological polar surface area (TPSA) is 88.4 Å². The molecule has 1 aliphatic heterocycles. The van der Waals surface area contributed by atoms with Crippen molar-refractivity contribution in [3.8, 4) is 0 Å². The first kappa shape index (κ1) is 13.8. The van der Waals surface area contributed by atoms with Gasteiger partial charge in [-0.2, -0.15) is 0 Å². The summed E-state index contributed by atoms with van der Waals surface area (Å²) >= 11 is 5.03. The molecule has 1 fully saturated rings. The number of amides is 1. The predicted octanol–water partition coefficient (Wildman–Crippen LogP) is 0.271. The van der Waals surface area contributed by atoms with Crippen LogP contribution in [0.5, 0.6) is 0 Å². The van der Waals surface area contributed by atoms with Crippen molar-refractivity contribution >= 4 is 23.2 Å². The van der Waals surface area contributed by atoms with Crippen molar-refractivity contribution in [3.63, 3.8) is 0 Å². The molecule has 104 valence electrons. The van der Waals surface area contributed by atoms with Crippen LogP contribution in [0.3, 0.4) is 0 Å². The summed E-state index contributed by atoms with van der Waals surface area (Å²) in [6, 6.07) is 1.54. The van der Waals surface area contributed by atoms with E-state index in [9.17, 15) is 4.79 Å². The second-order valence-corrected chi connectivity index (χ2v) is 4.66. The van der Waals surface area contributed by atoms with Gasteiger partial charge < -0.3 is 14.6 Å². The molecule has 0 aliphatic carbocycles. The molecule has 0 spiro atoms. The Morgan fingerprint density at radius 2 is 2.42 bits per heavy atom. The molecule has 19 heavy (non-hydrogen) atoms. The molecule has 1 saturated heterocycles. The van der Waals surface area contributed by atoms with Gasteiger partial charge in [0, 0.05) is 19.2 Å². The average molecular weight is 284 g/mol. The fourth-order valence-corrected chi connectivity index (χ4v) is 1.84. The predicted molar refractivity (Wildman–Crippen MR) is 71.4 cm³/mol. The molecule has 0 bridgehead atoms. The van der Waals surface area contributed by atoms with Crippen LogP contribution in [0.25, 0.3) is 0 Å². The molecule has 8 heteroatoms. The first-order valence-electron chi connectivity index (χ1n) is 6.04. The monoisotopic (exact) mass is 284 g/mol. The Kier molecular flexibility index (Phi) is 4.69. The highest BCUT2D eigenvalue weighted by Gasteiger charge is 2.15. The van der Waals surface area contributed by atoms with Gasteiger partial charge in [0.15, 0.2) is 10.8 Å². The zero-order chi connectivity index (χ0) is 13.7. The van der Waals surface area contributed by atoms with Crippen molar-refractivity contribution in [1.29, 1.82) is 0 Å². The quantitative estimate of drug-likeness (QED) is 0.542. The molecule has 1 amide bonds. The largest absolute Gasteiger partial charge is 0.376 e. The van der Waals surface area contributed by atoms with E-state index in [0.29, 0.717) is 17.4 Å². The van der Waals surface area contributed by atoms with E-state index in [4.69, 9.17) is 21.5 Å². The number of aromatic nitrogens is 1. The summed E-state index contributed by atoms with van der Waals surface area (Å²) in [4.78, 5) is 11.6. The van der Waals surface area contributed by atoms with Crippen LogP contribution in [-0.2, 0) is 4.74 Å². The van der Waals surface area contributed by atoms with Gasteiger partial charge in [-0.05, 0) is 32.0 Å². The number of thiocarbonyl (C=S) groups is 1. The number of rotatable bonds is 3. The maximum absolute atomic E-state index is 11.6. The minimum Gasteiger partial charge on any atom is -0.376 e. The fraction of sp³-hybridized carbons (Fsp3) is 0.545. The third-order valence-corrected chi connectivity index (χ3v) is 2.91. The third kappa shape index (κ3) is 4.18. The van der Waals surface area contributed by atoms with Gasteiger partial charge >= 0.3 is 0 Å². The zero-order valence-electron chi connectivity index (χ0n) is 10.6. The highest BCUT2D eigenvalue weighted by Crippen LogP contribution is 2.10. The molecule has 0 radical (unpaired) electrons.